The lowest BCUT2D eigenvalue weighted by Crippen LogP contribution is -2.20. The van der Waals surface area contributed by atoms with Gasteiger partial charge in [-0.1, -0.05) is 6.92 Å². The normalized spacial score (nSPS) is 15.1. The van der Waals surface area contributed by atoms with Crippen LogP contribution in [0.15, 0.2) is 0 Å². The van der Waals surface area contributed by atoms with Gasteiger partial charge in [-0.05, 0) is 6.92 Å². The highest BCUT2D eigenvalue weighted by atomic mass is 32.2. The van der Waals surface area contributed by atoms with Crippen LogP contribution in [0.3, 0.4) is 0 Å². The summed E-state index contributed by atoms with van der Waals surface area (Å²) in [5.74, 6) is 0.864. The highest BCUT2D eigenvalue weighted by Crippen LogP contribution is 2.11. The van der Waals surface area contributed by atoms with Crippen molar-refractivity contribution in [1.29, 1.82) is 0 Å². The molecule has 0 aliphatic carbocycles. The molecule has 14 heavy (non-hydrogen) atoms. The van der Waals surface area contributed by atoms with E-state index < -0.39 is 10.8 Å². The van der Waals surface area contributed by atoms with Gasteiger partial charge in [0.25, 0.3) is 0 Å². The van der Waals surface area contributed by atoms with Gasteiger partial charge in [0.05, 0.1) is 0 Å². The number of hydrogen-bond donors (Lipinski definition) is 1. The van der Waals surface area contributed by atoms with Crippen LogP contribution in [0.4, 0.5) is 5.13 Å². The second-order valence-electron chi connectivity index (χ2n) is 3.06. The zero-order chi connectivity index (χ0) is 10.6. The first-order valence-electron chi connectivity index (χ1n) is 4.52. The van der Waals surface area contributed by atoms with Gasteiger partial charge in [0.2, 0.25) is 5.13 Å². The molecule has 0 fully saturated rings. The Morgan fingerprint density at radius 1 is 1.64 bits per heavy atom. The van der Waals surface area contributed by atoms with E-state index in [2.05, 4.69) is 14.7 Å². The summed E-state index contributed by atoms with van der Waals surface area (Å²) in [5.41, 5.74) is 0. The summed E-state index contributed by atoms with van der Waals surface area (Å²) in [5, 5.41) is 4.09. The van der Waals surface area contributed by atoms with Crippen molar-refractivity contribution in [3.8, 4) is 0 Å². The molecule has 0 saturated heterocycles. The minimum atomic E-state index is -0.785. The lowest BCUT2D eigenvalue weighted by atomic mass is 10.5. The first-order valence-corrected chi connectivity index (χ1v) is 6.91. The average Bonchev–Trinajstić information content (AvgIpc) is 2.61. The molecule has 80 valence electrons. The van der Waals surface area contributed by atoms with Crippen molar-refractivity contribution in [3.63, 3.8) is 0 Å². The van der Waals surface area contributed by atoms with Crippen LogP contribution in [0.25, 0.3) is 0 Å². The molecule has 1 heterocycles. The van der Waals surface area contributed by atoms with Gasteiger partial charge in [-0.3, -0.25) is 4.21 Å². The third-order valence-corrected chi connectivity index (χ3v) is 3.90. The van der Waals surface area contributed by atoms with Gasteiger partial charge in [-0.2, -0.15) is 4.37 Å². The quantitative estimate of drug-likeness (QED) is 0.832. The zero-order valence-electron chi connectivity index (χ0n) is 8.61. The molecule has 0 amide bonds. The molecule has 0 aliphatic heterocycles. The Morgan fingerprint density at radius 2 is 2.36 bits per heavy atom. The van der Waals surface area contributed by atoms with Crippen LogP contribution in [0.2, 0.25) is 0 Å². The van der Waals surface area contributed by atoms with Gasteiger partial charge in [0.1, 0.15) is 5.82 Å². The molecule has 6 heteroatoms. The zero-order valence-corrected chi connectivity index (χ0v) is 10.2. The predicted octanol–water partition coefficient (Wildman–Crippen LogP) is 1.28. The number of rotatable bonds is 5. The van der Waals surface area contributed by atoms with Crippen LogP contribution in [0.1, 0.15) is 19.7 Å². The van der Waals surface area contributed by atoms with Gasteiger partial charge < -0.3 is 5.32 Å². The molecular weight excluding hydrogens is 218 g/mol. The van der Waals surface area contributed by atoms with Crippen molar-refractivity contribution >= 4 is 27.5 Å². The number of hydrogen-bond acceptors (Lipinski definition) is 5. The van der Waals surface area contributed by atoms with Crippen molar-refractivity contribution in [3.05, 3.63) is 5.82 Å². The monoisotopic (exact) mass is 233 g/mol. The van der Waals surface area contributed by atoms with Crippen molar-refractivity contribution in [2.24, 2.45) is 0 Å². The largest absolute Gasteiger partial charge is 0.359 e. The third kappa shape index (κ3) is 3.34. The molecule has 4 nitrogen and oxygen atoms in total. The summed E-state index contributed by atoms with van der Waals surface area (Å²) in [6, 6.07) is 0. The number of aryl methyl sites for hydroxylation is 1. The minimum absolute atomic E-state index is 0.143. The van der Waals surface area contributed by atoms with Gasteiger partial charge in [-0.15, -0.1) is 0 Å². The first kappa shape index (κ1) is 11.6. The SMILES string of the molecule is CCc1nsc(NCC(C)S(C)=O)n1. The van der Waals surface area contributed by atoms with Crippen LogP contribution in [-0.4, -0.2) is 31.6 Å². The molecule has 1 N–H and O–H groups in total. The molecule has 2 atom stereocenters. The Kier molecular flexibility index (Phi) is 4.47. The van der Waals surface area contributed by atoms with E-state index in [0.29, 0.717) is 6.54 Å². The molecule has 1 aromatic rings. The number of nitrogens with one attached hydrogen (secondary N) is 1. The smallest absolute Gasteiger partial charge is 0.202 e. The summed E-state index contributed by atoms with van der Waals surface area (Å²) in [6.45, 7) is 4.65. The fraction of sp³-hybridized carbons (Fsp3) is 0.750. The van der Waals surface area contributed by atoms with E-state index in [1.807, 2.05) is 13.8 Å². The standard InChI is InChI=1S/C8H15N3OS2/c1-4-7-10-8(13-11-7)9-5-6(2)14(3)12/h6H,4-5H2,1-3H3,(H,9,10,11). The fourth-order valence-electron chi connectivity index (χ4n) is 0.818. The van der Waals surface area contributed by atoms with E-state index in [1.165, 1.54) is 11.5 Å². The van der Waals surface area contributed by atoms with E-state index in [0.717, 1.165) is 17.4 Å². The second kappa shape index (κ2) is 5.41. The van der Waals surface area contributed by atoms with Crippen molar-refractivity contribution < 1.29 is 4.21 Å². The lowest BCUT2D eigenvalue weighted by Gasteiger charge is -2.07. The molecule has 0 radical (unpaired) electrons. The van der Waals surface area contributed by atoms with Crippen LogP contribution < -0.4 is 5.32 Å². The van der Waals surface area contributed by atoms with Gasteiger partial charge in [0.15, 0.2) is 0 Å². The maximum absolute atomic E-state index is 11.1. The van der Waals surface area contributed by atoms with Crippen LogP contribution in [0, 0.1) is 0 Å². The molecule has 0 spiro atoms. The molecular formula is C8H15N3OS2. The van der Waals surface area contributed by atoms with E-state index in [1.54, 1.807) is 6.26 Å². The lowest BCUT2D eigenvalue weighted by molar-refractivity contribution is 0.679. The minimum Gasteiger partial charge on any atom is -0.359 e. The summed E-state index contributed by atoms with van der Waals surface area (Å²) in [7, 11) is -0.785. The van der Waals surface area contributed by atoms with E-state index in [4.69, 9.17) is 0 Å². The highest BCUT2D eigenvalue weighted by molar-refractivity contribution is 7.84. The van der Waals surface area contributed by atoms with Crippen LogP contribution in [-0.2, 0) is 17.2 Å². The molecule has 0 aliphatic rings. The first-order chi connectivity index (χ1) is 6.63. The Balaban J connectivity index is 2.41. The number of nitrogens with zero attached hydrogens (tertiary/aromatic N) is 2. The summed E-state index contributed by atoms with van der Waals surface area (Å²) < 4.78 is 15.2. The van der Waals surface area contributed by atoms with Crippen LogP contribution >= 0.6 is 11.5 Å². The molecule has 0 saturated carbocycles. The van der Waals surface area contributed by atoms with E-state index in [-0.39, 0.29) is 5.25 Å². The fourth-order valence-corrected chi connectivity index (χ4v) is 1.79. The molecule has 2 unspecified atom stereocenters. The molecule has 1 rings (SSSR count). The van der Waals surface area contributed by atoms with Crippen molar-refractivity contribution in [1.82, 2.24) is 9.36 Å². The molecule has 0 bridgehead atoms. The summed E-state index contributed by atoms with van der Waals surface area (Å²) >= 11 is 1.36. The Labute approximate surface area is 90.8 Å². The Hall–Kier alpha value is -0.490. The van der Waals surface area contributed by atoms with Crippen LogP contribution in [0.5, 0.6) is 0 Å². The third-order valence-electron chi connectivity index (χ3n) is 1.89. The van der Waals surface area contributed by atoms with E-state index >= 15 is 0 Å². The Bertz CT molecular complexity index is 313. The molecule has 0 aromatic carbocycles. The highest BCUT2D eigenvalue weighted by Gasteiger charge is 2.07. The maximum Gasteiger partial charge on any atom is 0.202 e. The number of anilines is 1. The second-order valence-corrected chi connectivity index (χ2v) is 5.61. The van der Waals surface area contributed by atoms with Crippen molar-refractivity contribution in [2.45, 2.75) is 25.5 Å². The predicted molar refractivity (Wildman–Crippen MR) is 61.3 cm³/mol. The topological polar surface area (TPSA) is 54.9 Å². The Morgan fingerprint density at radius 3 is 2.86 bits per heavy atom. The maximum atomic E-state index is 11.1. The summed E-state index contributed by atoms with van der Waals surface area (Å²) in [6.07, 6.45) is 2.57. The van der Waals surface area contributed by atoms with E-state index in [9.17, 15) is 4.21 Å². The molecule has 1 aromatic heterocycles. The van der Waals surface area contributed by atoms with Gasteiger partial charge in [0, 0.05) is 46.8 Å². The van der Waals surface area contributed by atoms with Crippen molar-refractivity contribution in [2.75, 3.05) is 18.1 Å². The average molecular weight is 233 g/mol. The number of aromatic nitrogens is 2. The summed E-state index contributed by atoms with van der Waals surface area (Å²) in [4.78, 5) is 4.26. The van der Waals surface area contributed by atoms with Gasteiger partial charge in [-0.25, -0.2) is 4.98 Å². The van der Waals surface area contributed by atoms with Gasteiger partial charge >= 0.3 is 0 Å².